The molecule has 0 saturated carbocycles. The van der Waals surface area contributed by atoms with Crippen LogP contribution in [0.3, 0.4) is 0 Å². The molecule has 15 heavy (non-hydrogen) atoms. The van der Waals surface area contributed by atoms with Crippen molar-refractivity contribution < 1.29 is 4.74 Å². The van der Waals surface area contributed by atoms with Gasteiger partial charge in [-0.1, -0.05) is 37.3 Å². The number of aryl methyl sites for hydroxylation is 1. The van der Waals surface area contributed by atoms with Crippen molar-refractivity contribution in [3.8, 4) is 0 Å². The first-order chi connectivity index (χ1) is 7.21. The van der Waals surface area contributed by atoms with Gasteiger partial charge in [-0.25, -0.2) is 0 Å². The van der Waals surface area contributed by atoms with Gasteiger partial charge in [0.05, 0.1) is 6.10 Å². The SMILES string of the molecule is C=C[C@@]1(C)CCc2ccccc2[C@H]1OC. The van der Waals surface area contributed by atoms with Crippen molar-refractivity contribution in [1.82, 2.24) is 0 Å². The normalized spacial score (nSPS) is 29.6. The highest BCUT2D eigenvalue weighted by Gasteiger charge is 2.37. The maximum Gasteiger partial charge on any atom is 0.0911 e. The Hall–Kier alpha value is -1.08. The summed E-state index contributed by atoms with van der Waals surface area (Å²) in [6.07, 6.45) is 4.43. The van der Waals surface area contributed by atoms with E-state index in [-0.39, 0.29) is 11.5 Å². The van der Waals surface area contributed by atoms with E-state index in [1.165, 1.54) is 11.1 Å². The van der Waals surface area contributed by atoms with Gasteiger partial charge in [0.1, 0.15) is 0 Å². The summed E-state index contributed by atoms with van der Waals surface area (Å²) >= 11 is 0. The van der Waals surface area contributed by atoms with Crippen molar-refractivity contribution in [1.29, 1.82) is 0 Å². The topological polar surface area (TPSA) is 9.23 Å². The largest absolute Gasteiger partial charge is 0.376 e. The van der Waals surface area contributed by atoms with Crippen molar-refractivity contribution in [3.63, 3.8) is 0 Å². The molecule has 2 atom stereocenters. The molecule has 1 nitrogen and oxygen atoms in total. The first-order valence-electron chi connectivity index (χ1n) is 5.45. The predicted molar refractivity (Wildman–Crippen MR) is 62.8 cm³/mol. The van der Waals surface area contributed by atoms with Crippen LogP contribution in [-0.2, 0) is 11.2 Å². The van der Waals surface area contributed by atoms with Crippen LogP contribution in [-0.4, -0.2) is 7.11 Å². The highest BCUT2D eigenvalue weighted by atomic mass is 16.5. The molecule has 1 aromatic carbocycles. The van der Waals surface area contributed by atoms with Crippen molar-refractivity contribution in [2.75, 3.05) is 7.11 Å². The van der Waals surface area contributed by atoms with Crippen molar-refractivity contribution in [2.45, 2.75) is 25.9 Å². The first kappa shape index (κ1) is 10.4. The third kappa shape index (κ3) is 1.61. The van der Waals surface area contributed by atoms with Gasteiger partial charge in [-0.2, -0.15) is 0 Å². The first-order valence-corrected chi connectivity index (χ1v) is 5.45. The van der Waals surface area contributed by atoms with E-state index in [0.29, 0.717) is 0 Å². The summed E-state index contributed by atoms with van der Waals surface area (Å²) in [4.78, 5) is 0. The Bertz CT molecular complexity index is 369. The summed E-state index contributed by atoms with van der Waals surface area (Å²) < 4.78 is 5.65. The Kier molecular flexibility index (Phi) is 2.66. The second-order valence-corrected chi connectivity index (χ2v) is 4.52. The molecule has 0 saturated heterocycles. The number of fused-ring (bicyclic) bond motifs is 1. The molecule has 0 unspecified atom stereocenters. The van der Waals surface area contributed by atoms with Crippen LogP contribution in [0.2, 0.25) is 0 Å². The minimum atomic E-state index is 0.0725. The molecule has 1 aliphatic rings. The summed E-state index contributed by atoms with van der Waals surface area (Å²) in [5, 5.41) is 0. The van der Waals surface area contributed by atoms with E-state index in [4.69, 9.17) is 4.74 Å². The molecule has 0 bridgehead atoms. The minimum absolute atomic E-state index is 0.0725. The van der Waals surface area contributed by atoms with E-state index in [0.717, 1.165) is 12.8 Å². The van der Waals surface area contributed by atoms with E-state index in [1.807, 2.05) is 6.08 Å². The lowest BCUT2D eigenvalue weighted by Gasteiger charge is -2.39. The molecule has 0 spiro atoms. The Morgan fingerprint density at radius 1 is 1.47 bits per heavy atom. The summed E-state index contributed by atoms with van der Waals surface area (Å²) in [5.41, 5.74) is 2.82. The van der Waals surface area contributed by atoms with Crippen LogP contribution in [0.25, 0.3) is 0 Å². The quantitative estimate of drug-likeness (QED) is 0.667. The maximum absolute atomic E-state index is 5.65. The van der Waals surface area contributed by atoms with E-state index < -0.39 is 0 Å². The minimum Gasteiger partial charge on any atom is -0.376 e. The van der Waals surface area contributed by atoms with E-state index in [9.17, 15) is 0 Å². The van der Waals surface area contributed by atoms with Gasteiger partial charge >= 0.3 is 0 Å². The van der Waals surface area contributed by atoms with Gasteiger partial charge in [0.15, 0.2) is 0 Å². The lowest BCUT2D eigenvalue weighted by atomic mass is 9.70. The zero-order valence-corrected chi connectivity index (χ0v) is 9.49. The average molecular weight is 202 g/mol. The molecular formula is C14H18O. The zero-order valence-electron chi connectivity index (χ0n) is 9.49. The van der Waals surface area contributed by atoms with Crippen LogP contribution in [0.1, 0.15) is 30.6 Å². The Morgan fingerprint density at radius 3 is 2.87 bits per heavy atom. The molecule has 1 aliphatic carbocycles. The van der Waals surface area contributed by atoms with E-state index in [1.54, 1.807) is 7.11 Å². The number of methoxy groups -OCH3 is 1. The van der Waals surface area contributed by atoms with Gasteiger partial charge in [0.25, 0.3) is 0 Å². The highest BCUT2D eigenvalue weighted by molar-refractivity contribution is 5.34. The number of hydrogen-bond acceptors (Lipinski definition) is 1. The molecule has 0 aliphatic heterocycles. The second-order valence-electron chi connectivity index (χ2n) is 4.52. The van der Waals surface area contributed by atoms with Crippen LogP contribution in [0.4, 0.5) is 0 Å². The lowest BCUT2D eigenvalue weighted by Crippen LogP contribution is -2.30. The average Bonchev–Trinajstić information content (AvgIpc) is 2.29. The molecule has 0 heterocycles. The van der Waals surface area contributed by atoms with Gasteiger partial charge in [-0.15, -0.1) is 6.58 Å². The molecule has 0 amide bonds. The predicted octanol–water partition coefficient (Wildman–Crippen LogP) is 3.51. The monoisotopic (exact) mass is 202 g/mol. The molecule has 2 rings (SSSR count). The smallest absolute Gasteiger partial charge is 0.0911 e. The van der Waals surface area contributed by atoms with Crippen LogP contribution in [0.15, 0.2) is 36.9 Å². The lowest BCUT2D eigenvalue weighted by molar-refractivity contribution is 0.00952. The van der Waals surface area contributed by atoms with E-state index in [2.05, 4.69) is 37.8 Å². The van der Waals surface area contributed by atoms with Gasteiger partial charge in [-0.05, 0) is 24.0 Å². The summed E-state index contributed by atoms with van der Waals surface area (Å²) in [7, 11) is 1.79. The summed E-state index contributed by atoms with van der Waals surface area (Å²) in [6, 6.07) is 8.55. The molecular weight excluding hydrogens is 184 g/mol. The molecule has 0 fully saturated rings. The number of ether oxygens (including phenoxy) is 1. The molecule has 1 heteroatoms. The van der Waals surface area contributed by atoms with Crippen molar-refractivity contribution in [2.24, 2.45) is 5.41 Å². The van der Waals surface area contributed by atoms with Crippen LogP contribution >= 0.6 is 0 Å². The van der Waals surface area contributed by atoms with Gasteiger partial charge < -0.3 is 4.74 Å². The molecule has 1 aromatic rings. The van der Waals surface area contributed by atoms with Crippen molar-refractivity contribution in [3.05, 3.63) is 48.0 Å². The highest BCUT2D eigenvalue weighted by Crippen LogP contribution is 2.46. The second kappa shape index (κ2) is 3.82. The molecule has 80 valence electrons. The van der Waals surface area contributed by atoms with Crippen LogP contribution in [0, 0.1) is 5.41 Å². The number of rotatable bonds is 2. The summed E-state index contributed by atoms with van der Waals surface area (Å²) in [5.74, 6) is 0. The summed E-state index contributed by atoms with van der Waals surface area (Å²) in [6.45, 7) is 6.17. The van der Waals surface area contributed by atoms with Gasteiger partial charge in [0.2, 0.25) is 0 Å². The number of benzene rings is 1. The third-order valence-electron chi connectivity index (χ3n) is 3.57. The zero-order chi connectivity index (χ0) is 10.9. The fraction of sp³-hybridized carbons (Fsp3) is 0.429. The third-order valence-corrected chi connectivity index (χ3v) is 3.57. The maximum atomic E-state index is 5.65. The van der Waals surface area contributed by atoms with Gasteiger partial charge in [-0.3, -0.25) is 0 Å². The molecule has 0 aromatic heterocycles. The van der Waals surface area contributed by atoms with Crippen molar-refractivity contribution >= 4 is 0 Å². The Balaban J connectivity index is 2.47. The van der Waals surface area contributed by atoms with Crippen LogP contribution in [0.5, 0.6) is 0 Å². The fourth-order valence-corrected chi connectivity index (χ4v) is 2.51. The number of hydrogen-bond donors (Lipinski definition) is 0. The van der Waals surface area contributed by atoms with E-state index >= 15 is 0 Å². The fourth-order valence-electron chi connectivity index (χ4n) is 2.51. The van der Waals surface area contributed by atoms with Gasteiger partial charge in [0, 0.05) is 12.5 Å². The molecule has 0 radical (unpaired) electrons. The molecule has 0 N–H and O–H groups in total. The standard InChI is InChI=1S/C14H18O/c1-4-14(2)10-9-11-7-5-6-8-12(11)13(14)15-3/h4-8,13H,1,9-10H2,2-3H3/t13-,14+/m1/s1. The Morgan fingerprint density at radius 2 is 2.20 bits per heavy atom. The van der Waals surface area contributed by atoms with Crippen LogP contribution < -0.4 is 0 Å². The Labute approximate surface area is 91.8 Å².